The first-order valence-corrected chi connectivity index (χ1v) is 6.92. The molecular formula is C14H8F5N5O2. The largest absolute Gasteiger partial charge is 0.484 e. The van der Waals surface area contributed by atoms with Crippen molar-refractivity contribution in [2.24, 2.45) is 0 Å². The summed E-state index contributed by atoms with van der Waals surface area (Å²) in [5.41, 5.74) is 0.744. The summed E-state index contributed by atoms with van der Waals surface area (Å²) in [7, 11) is 0. The van der Waals surface area contributed by atoms with E-state index in [0.717, 1.165) is 12.4 Å². The van der Waals surface area contributed by atoms with Crippen LogP contribution in [-0.2, 0) is 12.8 Å². The summed E-state index contributed by atoms with van der Waals surface area (Å²) in [6.45, 7) is -0.0683. The molecule has 26 heavy (non-hydrogen) atoms. The van der Waals surface area contributed by atoms with E-state index in [1.165, 1.54) is 18.3 Å². The van der Waals surface area contributed by atoms with E-state index >= 15 is 0 Å². The van der Waals surface area contributed by atoms with Crippen molar-refractivity contribution < 1.29 is 31.1 Å². The summed E-state index contributed by atoms with van der Waals surface area (Å²) >= 11 is 0. The molecule has 0 aromatic carbocycles. The van der Waals surface area contributed by atoms with Crippen LogP contribution in [0.15, 0.2) is 35.1 Å². The summed E-state index contributed by atoms with van der Waals surface area (Å²) in [6, 6.07) is 3.00. The first-order valence-electron chi connectivity index (χ1n) is 6.92. The van der Waals surface area contributed by atoms with Gasteiger partial charge in [-0.25, -0.2) is 9.97 Å². The first-order chi connectivity index (χ1) is 12.3. The summed E-state index contributed by atoms with van der Waals surface area (Å²) in [6.07, 6.45) is -4.40. The first kappa shape index (κ1) is 17.6. The Kier molecular flexibility index (Phi) is 4.73. The molecule has 0 saturated heterocycles. The highest BCUT2D eigenvalue weighted by Gasteiger charge is 2.34. The Labute approximate surface area is 141 Å². The average molecular weight is 373 g/mol. The summed E-state index contributed by atoms with van der Waals surface area (Å²) in [5.74, 6) is -2.15. The third-order valence-electron chi connectivity index (χ3n) is 2.97. The molecule has 0 bridgehead atoms. The van der Waals surface area contributed by atoms with Crippen molar-refractivity contribution in [2.45, 2.75) is 19.2 Å². The fourth-order valence-corrected chi connectivity index (χ4v) is 1.77. The Morgan fingerprint density at radius 2 is 1.73 bits per heavy atom. The SMILES string of the molecule is FC(F)c1nnc(-c2ccc(COc3cnc(C(F)(F)F)nc3)nc2)o1. The zero-order chi connectivity index (χ0) is 18.7. The van der Waals surface area contributed by atoms with Gasteiger partial charge < -0.3 is 9.15 Å². The summed E-state index contributed by atoms with van der Waals surface area (Å²) in [5, 5.41) is 6.68. The molecule has 3 heterocycles. The third kappa shape index (κ3) is 4.07. The molecule has 7 nitrogen and oxygen atoms in total. The van der Waals surface area contributed by atoms with Gasteiger partial charge in [0, 0.05) is 6.20 Å². The normalized spacial score (nSPS) is 11.8. The van der Waals surface area contributed by atoms with Crippen LogP contribution in [0.2, 0.25) is 0 Å². The third-order valence-corrected chi connectivity index (χ3v) is 2.97. The molecule has 0 aliphatic rings. The van der Waals surface area contributed by atoms with E-state index < -0.39 is 24.3 Å². The maximum Gasteiger partial charge on any atom is 0.451 e. The number of halogens is 5. The zero-order valence-corrected chi connectivity index (χ0v) is 12.6. The number of ether oxygens (including phenoxy) is 1. The number of nitrogens with zero attached hydrogens (tertiary/aromatic N) is 5. The van der Waals surface area contributed by atoms with Gasteiger partial charge in [-0.3, -0.25) is 4.98 Å². The summed E-state index contributed by atoms with van der Waals surface area (Å²) < 4.78 is 71.9. The van der Waals surface area contributed by atoms with E-state index in [1.807, 2.05) is 0 Å². The van der Waals surface area contributed by atoms with Crippen LogP contribution in [0, 0.1) is 0 Å². The molecule has 0 spiro atoms. The minimum atomic E-state index is -4.63. The number of alkyl halides is 5. The van der Waals surface area contributed by atoms with E-state index in [4.69, 9.17) is 9.15 Å². The van der Waals surface area contributed by atoms with Crippen molar-refractivity contribution in [3.8, 4) is 17.2 Å². The molecule has 3 rings (SSSR count). The van der Waals surface area contributed by atoms with E-state index in [-0.39, 0.29) is 18.2 Å². The van der Waals surface area contributed by atoms with E-state index in [1.54, 1.807) is 0 Å². The maximum atomic E-state index is 12.4. The average Bonchev–Trinajstić information content (AvgIpc) is 3.10. The van der Waals surface area contributed by atoms with Gasteiger partial charge in [-0.1, -0.05) is 0 Å². The second kappa shape index (κ2) is 6.98. The van der Waals surface area contributed by atoms with Gasteiger partial charge in [0.1, 0.15) is 6.61 Å². The van der Waals surface area contributed by atoms with E-state index in [2.05, 4.69) is 25.1 Å². The Morgan fingerprint density at radius 1 is 1.00 bits per heavy atom. The predicted molar refractivity (Wildman–Crippen MR) is 73.9 cm³/mol. The van der Waals surface area contributed by atoms with Gasteiger partial charge in [0.05, 0.1) is 23.7 Å². The van der Waals surface area contributed by atoms with Gasteiger partial charge in [0.2, 0.25) is 11.7 Å². The van der Waals surface area contributed by atoms with Crippen LogP contribution in [-0.4, -0.2) is 25.1 Å². The van der Waals surface area contributed by atoms with Crippen LogP contribution in [0.25, 0.3) is 11.5 Å². The zero-order valence-electron chi connectivity index (χ0n) is 12.6. The molecule has 3 aromatic heterocycles. The summed E-state index contributed by atoms with van der Waals surface area (Å²) in [4.78, 5) is 10.3. The standard InChI is InChI=1S/C14H8F5N5O2/c15-10(16)12-24-23-11(26-12)7-1-2-8(20-3-7)6-25-9-4-21-13(22-5-9)14(17,18)19/h1-5,10H,6H2. The monoisotopic (exact) mass is 373 g/mol. The van der Waals surface area contributed by atoms with Crippen LogP contribution in [0.5, 0.6) is 5.75 Å². The van der Waals surface area contributed by atoms with Crippen LogP contribution in [0.4, 0.5) is 22.0 Å². The molecule has 0 N–H and O–H groups in total. The van der Waals surface area contributed by atoms with Gasteiger partial charge in [-0.2, -0.15) is 22.0 Å². The molecule has 0 atom stereocenters. The number of pyridine rings is 1. The fourth-order valence-electron chi connectivity index (χ4n) is 1.77. The highest BCUT2D eigenvalue weighted by Crippen LogP contribution is 2.26. The lowest BCUT2D eigenvalue weighted by Gasteiger charge is -2.07. The topological polar surface area (TPSA) is 86.8 Å². The lowest BCUT2D eigenvalue weighted by atomic mass is 10.2. The molecule has 0 aliphatic carbocycles. The molecular weight excluding hydrogens is 365 g/mol. The van der Waals surface area contributed by atoms with Crippen molar-refractivity contribution in [1.29, 1.82) is 0 Å². The molecule has 0 unspecified atom stereocenters. The van der Waals surface area contributed by atoms with Crippen LogP contribution in [0.3, 0.4) is 0 Å². The van der Waals surface area contributed by atoms with Crippen LogP contribution < -0.4 is 4.74 Å². The number of hydrogen-bond donors (Lipinski definition) is 0. The van der Waals surface area contributed by atoms with Crippen LogP contribution >= 0.6 is 0 Å². The fraction of sp³-hybridized carbons (Fsp3) is 0.214. The van der Waals surface area contributed by atoms with Gasteiger partial charge in [0.25, 0.3) is 5.89 Å². The van der Waals surface area contributed by atoms with Gasteiger partial charge in [0.15, 0.2) is 5.75 Å². The minimum Gasteiger partial charge on any atom is -0.484 e. The Balaban J connectivity index is 1.62. The van der Waals surface area contributed by atoms with E-state index in [0.29, 0.717) is 11.3 Å². The highest BCUT2D eigenvalue weighted by atomic mass is 19.4. The quantitative estimate of drug-likeness (QED) is 0.633. The van der Waals surface area contributed by atoms with Crippen molar-refractivity contribution in [3.63, 3.8) is 0 Å². The Morgan fingerprint density at radius 3 is 2.27 bits per heavy atom. The van der Waals surface area contributed by atoms with Crippen molar-refractivity contribution in [2.75, 3.05) is 0 Å². The number of aromatic nitrogens is 5. The predicted octanol–water partition coefficient (Wildman–Crippen LogP) is 3.46. The molecule has 136 valence electrons. The number of rotatable bonds is 5. The molecule has 3 aromatic rings. The Hall–Kier alpha value is -3.18. The van der Waals surface area contributed by atoms with Crippen molar-refractivity contribution >= 4 is 0 Å². The maximum absolute atomic E-state index is 12.4. The highest BCUT2D eigenvalue weighted by molar-refractivity contribution is 5.50. The minimum absolute atomic E-state index is 0.0300. The second-order valence-electron chi connectivity index (χ2n) is 4.81. The van der Waals surface area contributed by atoms with Crippen molar-refractivity contribution in [3.05, 3.63) is 48.1 Å². The molecule has 0 amide bonds. The smallest absolute Gasteiger partial charge is 0.451 e. The number of hydrogen-bond acceptors (Lipinski definition) is 7. The van der Waals surface area contributed by atoms with Crippen LogP contribution in [0.1, 0.15) is 23.8 Å². The second-order valence-corrected chi connectivity index (χ2v) is 4.81. The molecule has 0 fully saturated rings. The lowest BCUT2D eigenvalue weighted by molar-refractivity contribution is -0.145. The van der Waals surface area contributed by atoms with Gasteiger partial charge in [-0.15, -0.1) is 10.2 Å². The lowest BCUT2D eigenvalue weighted by Crippen LogP contribution is -2.10. The Bertz CT molecular complexity index is 865. The molecule has 12 heteroatoms. The molecule has 0 aliphatic heterocycles. The van der Waals surface area contributed by atoms with Crippen molar-refractivity contribution in [1.82, 2.24) is 25.1 Å². The molecule has 0 radical (unpaired) electrons. The van der Waals surface area contributed by atoms with Gasteiger partial charge >= 0.3 is 12.6 Å². The molecule has 0 saturated carbocycles. The van der Waals surface area contributed by atoms with E-state index in [9.17, 15) is 22.0 Å². The van der Waals surface area contributed by atoms with Gasteiger partial charge in [-0.05, 0) is 12.1 Å².